The molecule has 0 rings (SSSR count). The summed E-state index contributed by atoms with van der Waals surface area (Å²) in [6, 6.07) is 0. The van der Waals surface area contributed by atoms with Crippen molar-refractivity contribution in [2.24, 2.45) is 5.92 Å². The Bertz CT molecular complexity index is 288. The predicted octanol–water partition coefficient (Wildman–Crippen LogP) is 3.10. The Morgan fingerprint density at radius 1 is 0.952 bits per heavy atom. The molecule has 21 heavy (non-hydrogen) atoms. The quantitative estimate of drug-likeness (QED) is 0.518. The van der Waals surface area contributed by atoms with Crippen molar-refractivity contribution in [3.05, 3.63) is 0 Å². The van der Waals surface area contributed by atoms with E-state index in [1.165, 1.54) is 0 Å². The second kappa shape index (κ2) is 12.6. The molecule has 0 aliphatic rings. The Labute approximate surface area is 128 Å². The first kappa shape index (κ1) is 19.9. The van der Waals surface area contributed by atoms with E-state index in [2.05, 4.69) is 13.8 Å². The van der Waals surface area contributed by atoms with Crippen molar-refractivity contribution >= 4 is 11.9 Å². The van der Waals surface area contributed by atoms with Crippen LogP contribution in [-0.2, 0) is 23.8 Å². The van der Waals surface area contributed by atoms with Gasteiger partial charge in [0.25, 0.3) is 0 Å². The van der Waals surface area contributed by atoms with Crippen molar-refractivity contribution in [2.75, 3.05) is 19.8 Å². The zero-order chi connectivity index (χ0) is 16.1. The van der Waals surface area contributed by atoms with Gasteiger partial charge < -0.3 is 14.2 Å². The fourth-order valence-corrected chi connectivity index (χ4v) is 1.75. The van der Waals surface area contributed by atoms with Gasteiger partial charge in [-0.05, 0) is 18.8 Å². The van der Waals surface area contributed by atoms with Crippen LogP contribution in [0.1, 0.15) is 59.8 Å². The van der Waals surface area contributed by atoms with Gasteiger partial charge in [-0.3, -0.25) is 0 Å². The first-order valence-corrected chi connectivity index (χ1v) is 7.92. The third-order valence-electron chi connectivity index (χ3n) is 2.81. The highest BCUT2D eigenvalue weighted by Crippen LogP contribution is 2.11. The maximum Gasteiger partial charge on any atom is 0.332 e. The van der Waals surface area contributed by atoms with Gasteiger partial charge in [-0.25, -0.2) is 9.59 Å². The summed E-state index contributed by atoms with van der Waals surface area (Å²) >= 11 is 0. The lowest BCUT2D eigenvalue weighted by atomic mass is 10.1. The van der Waals surface area contributed by atoms with Crippen LogP contribution in [0.4, 0.5) is 0 Å². The molecule has 0 spiro atoms. The van der Waals surface area contributed by atoms with E-state index in [0.29, 0.717) is 6.61 Å². The molecule has 0 saturated heterocycles. The van der Waals surface area contributed by atoms with E-state index in [1.807, 2.05) is 13.8 Å². The lowest BCUT2D eigenvalue weighted by molar-refractivity contribution is -0.159. The van der Waals surface area contributed by atoms with Gasteiger partial charge in [0.15, 0.2) is 0 Å². The van der Waals surface area contributed by atoms with Crippen molar-refractivity contribution < 1.29 is 23.8 Å². The highest BCUT2D eigenvalue weighted by atomic mass is 16.6. The molecule has 0 heterocycles. The van der Waals surface area contributed by atoms with E-state index in [-0.39, 0.29) is 25.2 Å². The van der Waals surface area contributed by atoms with Crippen molar-refractivity contribution in [3.63, 3.8) is 0 Å². The van der Waals surface area contributed by atoms with Crippen LogP contribution in [0.5, 0.6) is 0 Å². The predicted molar refractivity (Wildman–Crippen MR) is 80.9 cm³/mol. The van der Waals surface area contributed by atoms with Gasteiger partial charge in [0, 0.05) is 0 Å². The molecule has 0 aromatic rings. The molecule has 0 aromatic heterocycles. The topological polar surface area (TPSA) is 61.8 Å². The van der Waals surface area contributed by atoms with Crippen molar-refractivity contribution in [1.29, 1.82) is 0 Å². The molecule has 1 atom stereocenters. The van der Waals surface area contributed by atoms with E-state index in [4.69, 9.17) is 14.2 Å². The Morgan fingerprint density at radius 2 is 1.62 bits per heavy atom. The molecular formula is C16H30O5. The Morgan fingerprint density at radius 3 is 2.19 bits per heavy atom. The maximum atomic E-state index is 11.6. The Hall–Kier alpha value is -1.10. The van der Waals surface area contributed by atoms with Crippen LogP contribution in [0.2, 0.25) is 0 Å². The normalized spacial score (nSPS) is 12.2. The molecule has 124 valence electrons. The fourth-order valence-electron chi connectivity index (χ4n) is 1.75. The van der Waals surface area contributed by atoms with Crippen molar-refractivity contribution in [3.8, 4) is 0 Å². The lowest BCUT2D eigenvalue weighted by Crippen LogP contribution is -2.24. The number of ether oxygens (including phenoxy) is 3. The number of esters is 2. The molecule has 5 heteroatoms. The van der Waals surface area contributed by atoms with Crippen LogP contribution in [-0.4, -0.2) is 37.9 Å². The standard InChI is InChI=1S/C16H30O5/c1-5-7-9-14(8-6-2)21-16(18)12-19-11-15(17)20-10-13(3)4/h13-14H,5-12H2,1-4H3. The minimum Gasteiger partial charge on any atom is -0.464 e. The first-order valence-electron chi connectivity index (χ1n) is 7.92. The molecule has 0 bridgehead atoms. The largest absolute Gasteiger partial charge is 0.464 e. The average molecular weight is 302 g/mol. The minimum absolute atomic E-state index is 0.0426. The zero-order valence-electron chi connectivity index (χ0n) is 13.9. The summed E-state index contributed by atoms with van der Waals surface area (Å²) in [5.41, 5.74) is 0. The van der Waals surface area contributed by atoms with Crippen LogP contribution in [0, 0.1) is 5.92 Å². The van der Waals surface area contributed by atoms with Gasteiger partial charge in [-0.2, -0.15) is 0 Å². The highest BCUT2D eigenvalue weighted by Gasteiger charge is 2.14. The number of rotatable bonds is 12. The second-order valence-corrected chi connectivity index (χ2v) is 5.61. The van der Waals surface area contributed by atoms with Gasteiger partial charge in [0.1, 0.15) is 19.3 Å². The van der Waals surface area contributed by atoms with E-state index in [9.17, 15) is 9.59 Å². The molecular weight excluding hydrogens is 272 g/mol. The van der Waals surface area contributed by atoms with Crippen LogP contribution in [0.15, 0.2) is 0 Å². The molecule has 1 unspecified atom stereocenters. The van der Waals surface area contributed by atoms with Crippen molar-refractivity contribution in [1.82, 2.24) is 0 Å². The molecule has 5 nitrogen and oxygen atoms in total. The smallest absolute Gasteiger partial charge is 0.332 e. The van der Waals surface area contributed by atoms with Crippen LogP contribution >= 0.6 is 0 Å². The summed E-state index contributed by atoms with van der Waals surface area (Å²) in [6.07, 6.45) is 4.80. The summed E-state index contributed by atoms with van der Waals surface area (Å²) in [5, 5.41) is 0. The number of carbonyl (C=O) groups is 2. The molecule has 0 fully saturated rings. The molecule has 0 aliphatic heterocycles. The van der Waals surface area contributed by atoms with E-state index in [0.717, 1.165) is 32.1 Å². The van der Waals surface area contributed by atoms with Crippen molar-refractivity contribution in [2.45, 2.75) is 65.9 Å². The Balaban J connectivity index is 3.83. The molecule has 0 N–H and O–H groups in total. The van der Waals surface area contributed by atoms with Gasteiger partial charge in [0.05, 0.1) is 6.61 Å². The summed E-state index contributed by atoms with van der Waals surface area (Å²) < 4.78 is 15.3. The maximum absolute atomic E-state index is 11.6. The average Bonchev–Trinajstić information content (AvgIpc) is 2.42. The summed E-state index contributed by atoms with van der Waals surface area (Å²) in [4.78, 5) is 22.9. The summed E-state index contributed by atoms with van der Waals surface area (Å²) in [5.74, 6) is -0.582. The summed E-state index contributed by atoms with van der Waals surface area (Å²) in [7, 11) is 0. The fraction of sp³-hybridized carbons (Fsp3) is 0.875. The summed E-state index contributed by atoms with van der Waals surface area (Å²) in [6.45, 7) is 8.02. The van der Waals surface area contributed by atoms with Crippen LogP contribution in [0.3, 0.4) is 0 Å². The monoisotopic (exact) mass is 302 g/mol. The molecule has 0 aromatic carbocycles. The minimum atomic E-state index is -0.451. The van der Waals surface area contributed by atoms with Gasteiger partial charge in [-0.15, -0.1) is 0 Å². The Kier molecular flexibility index (Phi) is 12.0. The molecule has 0 saturated carbocycles. The number of hydrogen-bond donors (Lipinski definition) is 0. The third kappa shape index (κ3) is 12.4. The van der Waals surface area contributed by atoms with E-state index >= 15 is 0 Å². The van der Waals surface area contributed by atoms with Gasteiger partial charge in [0.2, 0.25) is 0 Å². The SMILES string of the molecule is CCCCC(CCC)OC(=O)COCC(=O)OCC(C)C. The van der Waals surface area contributed by atoms with Gasteiger partial charge >= 0.3 is 11.9 Å². The molecule has 0 amide bonds. The zero-order valence-corrected chi connectivity index (χ0v) is 13.9. The van der Waals surface area contributed by atoms with E-state index in [1.54, 1.807) is 0 Å². The van der Waals surface area contributed by atoms with E-state index < -0.39 is 11.9 Å². The van der Waals surface area contributed by atoms with Crippen LogP contribution < -0.4 is 0 Å². The van der Waals surface area contributed by atoms with Gasteiger partial charge in [-0.1, -0.05) is 47.0 Å². The van der Waals surface area contributed by atoms with Crippen LogP contribution in [0.25, 0.3) is 0 Å². The number of unbranched alkanes of at least 4 members (excludes halogenated alkanes) is 1. The molecule has 0 radical (unpaired) electrons. The number of carbonyl (C=O) groups excluding carboxylic acids is 2. The second-order valence-electron chi connectivity index (χ2n) is 5.61. The third-order valence-corrected chi connectivity index (χ3v) is 2.81. The lowest BCUT2D eigenvalue weighted by Gasteiger charge is -2.17. The number of hydrogen-bond acceptors (Lipinski definition) is 5. The molecule has 0 aliphatic carbocycles. The first-order chi connectivity index (χ1) is 9.99. The highest BCUT2D eigenvalue weighted by molar-refractivity contribution is 5.73.